The van der Waals surface area contributed by atoms with Gasteiger partial charge in [-0.3, -0.25) is 4.79 Å². The number of carbonyl (C=O) groups is 1. The summed E-state index contributed by atoms with van der Waals surface area (Å²) in [5.74, 6) is 1.04. The fourth-order valence-electron chi connectivity index (χ4n) is 4.94. The number of aromatic nitrogens is 6. The van der Waals surface area contributed by atoms with E-state index in [1.54, 1.807) is 32.3 Å². The number of aryl methyl sites for hydroxylation is 1. The number of amides is 1. The van der Waals surface area contributed by atoms with E-state index in [-0.39, 0.29) is 17.5 Å². The van der Waals surface area contributed by atoms with Gasteiger partial charge in [0.2, 0.25) is 11.9 Å². The van der Waals surface area contributed by atoms with Crippen LogP contribution < -0.4 is 10.6 Å². The normalized spacial score (nSPS) is 20.6. The summed E-state index contributed by atoms with van der Waals surface area (Å²) in [4.78, 5) is 32.8. The van der Waals surface area contributed by atoms with Crippen molar-refractivity contribution in [3.63, 3.8) is 0 Å². The average molecular weight is 483 g/mol. The van der Waals surface area contributed by atoms with Gasteiger partial charge in [-0.05, 0) is 51.7 Å². The Hall–Kier alpha value is -3.63. The van der Waals surface area contributed by atoms with Crippen LogP contribution in [0, 0.1) is 6.92 Å². The Morgan fingerprint density at radius 3 is 2.74 bits per heavy atom. The molecule has 184 valence electrons. The van der Waals surface area contributed by atoms with Crippen molar-refractivity contribution >= 4 is 34.1 Å². The highest BCUT2D eigenvalue weighted by atomic mass is 19.3. The van der Waals surface area contributed by atoms with Crippen molar-refractivity contribution in [2.45, 2.75) is 71.0 Å². The number of nitrogens with one attached hydrogen (secondary N) is 3. The molecular weight excluding hydrogens is 454 g/mol. The van der Waals surface area contributed by atoms with Gasteiger partial charge in [0.15, 0.2) is 5.65 Å². The maximum Gasteiger partial charge on any atom is 0.256 e. The molecule has 3 N–H and O–H groups in total. The van der Waals surface area contributed by atoms with Crippen LogP contribution in [0.15, 0.2) is 24.5 Å². The van der Waals surface area contributed by atoms with Crippen molar-refractivity contribution in [3.8, 4) is 11.3 Å². The van der Waals surface area contributed by atoms with Gasteiger partial charge in [0.25, 0.3) is 6.43 Å². The summed E-state index contributed by atoms with van der Waals surface area (Å²) in [6.45, 7) is 4.89. The fourth-order valence-corrected chi connectivity index (χ4v) is 4.94. The summed E-state index contributed by atoms with van der Waals surface area (Å²) in [6.07, 6.45) is 4.63. The number of halogens is 2. The molecule has 11 heteroatoms. The number of aromatic amines is 1. The number of rotatable bonds is 6. The van der Waals surface area contributed by atoms with Crippen molar-refractivity contribution in [2.24, 2.45) is 0 Å². The molecule has 1 saturated carbocycles. The van der Waals surface area contributed by atoms with Gasteiger partial charge in [0.1, 0.15) is 17.0 Å². The largest absolute Gasteiger partial charge is 0.351 e. The van der Waals surface area contributed by atoms with E-state index in [9.17, 15) is 13.6 Å². The van der Waals surface area contributed by atoms with Gasteiger partial charge in [0.05, 0.1) is 12.2 Å². The molecule has 5 rings (SSSR count). The smallest absolute Gasteiger partial charge is 0.256 e. The first-order valence-electron chi connectivity index (χ1n) is 11.7. The molecular formula is C24H28F2N8O. The van der Waals surface area contributed by atoms with Gasteiger partial charge in [0, 0.05) is 41.8 Å². The maximum absolute atomic E-state index is 13.1. The quantitative estimate of drug-likeness (QED) is 0.380. The van der Waals surface area contributed by atoms with Crippen LogP contribution in [0.25, 0.3) is 33.5 Å². The third-order valence-electron chi connectivity index (χ3n) is 6.71. The van der Waals surface area contributed by atoms with Gasteiger partial charge in [-0.1, -0.05) is 0 Å². The lowest BCUT2D eigenvalue weighted by Crippen LogP contribution is -2.49. The molecule has 0 radical (unpaired) electrons. The van der Waals surface area contributed by atoms with E-state index in [2.05, 4.69) is 42.5 Å². The molecule has 1 amide bonds. The summed E-state index contributed by atoms with van der Waals surface area (Å²) in [5.41, 5.74) is 2.93. The maximum atomic E-state index is 13.1. The van der Waals surface area contributed by atoms with Crippen LogP contribution >= 0.6 is 0 Å². The lowest BCUT2D eigenvalue weighted by atomic mass is 9.81. The highest BCUT2D eigenvalue weighted by Crippen LogP contribution is 2.31. The van der Waals surface area contributed by atoms with E-state index in [1.165, 1.54) is 4.57 Å². The Bertz CT molecular complexity index is 1390. The second kappa shape index (κ2) is 8.86. The number of anilines is 1. The predicted molar refractivity (Wildman–Crippen MR) is 129 cm³/mol. The second-order valence-corrected chi connectivity index (χ2v) is 9.52. The number of H-pyrrole nitrogens is 1. The summed E-state index contributed by atoms with van der Waals surface area (Å²) in [6, 6.07) is 3.84. The van der Waals surface area contributed by atoms with E-state index >= 15 is 0 Å². The number of nitrogens with zero attached hydrogens (tertiary/aromatic N) is 5. The van der Waals surface area contributed by atoms with E-state index in [1.807, 2.05) is 6.07 Å². The Labute approximate surface area is 200 Å². The number of carbonyl (C=O) groups excluding carboxylic acids is 1. The van der Waals surface area contributed by atoms with Crippen LogP contribution in [-0.4, -0.2) is 53.4 Å². The van der Waals surface area contributed by atoms with E-state index < -0.39 is 13.0 Å². The molecule has 1 aliphatic carbocycles. The summed E-state index contributed by atoms with van der Waals surface area (Å²) < 4.78 is 27.6. The van der Waals surface area contributed by atoms with Gasteiger partial charge in [-0.15, -0.1) is 0 Å². The van der Waals surface area contributed by atoms with E-state index in [0.29, 0.717) is 34.3 Å². The Balaban J connectivity index is 1.36. The van der Waals surface area contributed by atoms with E-state index in [0.717, 1.165) is 36.6 Å². The molecule has 0 aliphatic heterocycles. The predicted octanol–water partition coefficient (Wildman–Crippen LogP) is 4.19. The van der Waals surface area contributed by atoms with Crippen molar-refractivity contribution in [3.05, 3.63) is 30.4 Å². The first kappa shape index (κ1) is 23.1. The van der Waals surface area contributed by atoms with Crippen LogP contribution in [0.1, 0.15) is 45.4 Å². The highest BCUT2D eigenvalue weighted by molar-refractivity contribution is 5.93. The molecule has 0 saturated heterocycles. The van der Waals surface area contributed by atoms with Crippen LogP contribution in [0.3, 0.4) is 0 Å². The summed E-state index contributed by atoms with van der Waals surface area (Å²) >= 11 is 0. The molecule has 0 atom stereocenters. The third-order valence-corrected chi connectivity index (χ3v) is 6.71. The molecule has 9 nitrogen and oxygen atoms in total. The topological polar surface area (TPSA) is 113 Å². The standard InChI is InChI=1S/C24H28F2N8O/c1-13-29-19-5-4-18(31-22(19)34(13)12-20(25)26)16-10-27-21-17(16)11-28-23(32-21)30-15-6-8-24(3,9-7-15)33-14(2)35/h4-5,10-11,15,20H,6-9,12H2,1-3H3,(H,33,35)(H2,27,28,30,32)/t15-,24-. The van der Waals surface area contributed by atoms with Gasteiger partial charge < -0.3 is 20.2 Å². The number of alkyl halides is 2. The average Bonchev–Trinajstić information content (AvgIpc) is 3.35. The zero-order valence-electron chi connectivity index (χ0n) is 19.9. The molecule has 4 heterocycles. The Morgan fingerprint density at radius 1 is 1.26 bits per heavy atom. The monoisotopic (exact) mass is 482 g/mol. The number of pyridine rings is 1. The molecule has 0 spiro atoms. The molecule has 0 unspecified atom stereocenters. The van der Waals surface area contributed by atoms with E-state index in [4.69, 9.17) is 0 Å². The zero-order chi connectivity index (χ0) is 24.7. The molecule has 35 heavy (non-hydrogen) atoms. The minimum atomic E-state index is -2.49. The van der Waals surface area contributed by atoms with Crippen molar-refractivity contribution in [1.29, 1.82) is 0 Å². The lowest BCUT2D eigenvalue weighted by molar-refractivity contribution is -0.121. The van der Waals surface area contributed by atoms with Crippen molar-refractivity contribution in [2.75, 3.05) is 5.32 Å². The Morgan fingerprint density at radius 2 is 2.03 bits per heavy atom. The Kier molecular flexibility index (Phi) is 5.86. The van der Waals surface area contributed by atoms with Crippen molar-refractivity contribution in [1.82, 2.24) is 34.8 Å². The first-order valence-corrected chi connectivity index (χ1v) is 11.7. The minimum Gasteiger partial charge on any atom is -0.351 e. The molecule has 1 aliphatic rings. The fraction of sp³-hybridized carbons (Fsp3) is 0.458. The third kappa shape index (κ3) is 4.67. The van der Waals surface area contributed by atoms with Crippen LogP contribution in [0.2, 0.25) is 0 Å². The minimum absolute atomic E-state index is 0.00232. The van der Waals surface area contributed by atoms with Crippen LogP contribution in [0.5, 0.6) is 0 Å². The van der Waals surface area contributed by atoms with Gasteiger partial charge >= 0.3 is 0 Å². The number of fused-ring (bicyclic) bond motifs is 2. The van der Waals surface area contributed by atoms with Gasteiger partial charge in [-0.25, -0.2) is 23.7 Å². The summed E-state index contributed by atoms with van der Waals surface area (Å²) in [5, 5.41) is 7.26. The molecule has 0 bridgehead atoms. The van der Waals surface area contributed by atoms with Crippen LogP contribution in [-0.2, 0) is 11.3 Å². The molecule has 4 aromatic rings. The highest BCUT2D eigenvalue weighted by Gasteiger charge is 2.32. The second-order valence-electron chi connectivity index (χ2n) is 9.52. The first-order chi connectivity index (χ1) is 16.7. The lowest BCUT2D eigenvalue weighted by Gasteiger charge is -2.38. The zero-order valence-corrected chi connectivity index (χ0v) is 19.9. The molecule has 1 fully saturated rings. The number of imidazole rings is 1. The van der Waals surface area contributed by atoms with Crippen molar-refractivity contribution < 1.29 is 13.6 Å². The van der Waals surface area contributed by atoms with Gasteiger partial charge in [-0.2, -0.15) is 4.98 Å². The SMILES string of the molecule is CC(=O)N[C@]1(C)CC[C@@H](Nc2ncc3c(-c4ccc5nc(C)n(CC(F)F)c5n4)c[nH]c3n2)CC1. The number of hydrogen-bond acceptors (Lipinski definition) is 6. The molecule has 4 aromatic heterocycles. The van der Waals surface area contributed by atoms with Crippen LogP contribution in [0.4, 0.5) is 14.7 Å². The number of hydrogen-bond donors (Lipinski definition) is 3. The molecule has 0 aromatic carbocycles. The summed E-state index contributed by atoms with van der Waals surface area (Å²) in [7, 11) is 0.